The van der Waals surface area contributed by atoms with Crippen LogP contribution in [-0.4, -0.2) is 24.6 Å². The highest BCUT2D eigenvalue weighted by Gasteiger charge is 2.19. The summed E-state index contributed by atoms with van der Waals surface area (Å²) in [4.78, 5) is 5.42. The first-order valence-electron chi connectivity index (χ1n) is 5.85. The molecule has 0 radical (unpaired) electrons. The zero-order chi connectivity index (χ0) is 10.7. The van der Waals surface area contributed by atoms with Gasteiger partial charge in [-0.05, 0) is 37.7 Å². The second kappa shape index (κ2) is 4.71. The van der Waals surface area contributed by atoms with E-state index in [-0.39, 0.29) is 0 Å². The minimum absolute atomic E-state index is 0.457. The smallest absolute Gasteiger partial charge is 0.0541 e. The molecule has 0 atom stereocenters. The SMILES string of the molecule is CN(CC1CCC(N)CC1)c1cc[nH]c1. The lowest BCUT2D eigenvalue weighted by Crippen LogP contribution is -2.32. The Kier molecular flexibility index (Phi) is 3.31. The Hall–Kier alpha value is -0.960. The van der Waals surface area contributed by atoms with Crippen LogP contribution in [0, 0.1) is 5.92 Å². The molecule has 1 aliphatic rings. The van der Waals surface area contributed by atoms with Crippen molar-refractivity contribution in [1.29, 1.82) is 0 Å². The van der Waals surface area contributed by atoms with Crippen LogP contribution < -0.4 is 10.6 Å². The van der Waals surface area contributed by atoms with E-state index in [0.717, 1.165) is 12.5 Å². The summed E-state index contributed by atoms with van der Waals surface area (Å²) in [6.45, 7) is 1.16. The van der Waals surface area contributed by atoms with E-state index < -0.39 is 0 Å². The highest BCUT2D eigenvalue weighted by molar-refractivity contribution is 5.43. The lowest BCUT2D eigenvalue weighted by molar-refractivity contribution is 0.330. The summed E-state index contributed by atoms with van der Waals surface area (Å²) in [5.41, 5.74) is 7.19. The second-order valence-electron chi connectivity index (χ2n) is 4.73. The van der Waals surface area contributed by atoms with Crippen LogP contribution >= 0.6 is 0 Å². The minimum Gasteiger partial charge on any atom is -0.373 e. The van der Waals surface area contributed by atoms with Crippen LogP contribution in [0.4, 0.5) is 5.69 Å². The van der Waals surface area contributed by atoms with Gasteiger partial charge in [0, 0.05) is 32.0 Å². The Morgan fingerprint density at radius 2 is 2.13 bits per heavy atom. The Morgan fingerprint density at radius 3 is 2.73 bits per heavy atom. The summed E-state index contributed by atoms with van der Waals surface area (Å²) in [7, 11) is 2.16. The first kappa shape index (κ1) is 10.6. The van der Waals surface area contributed by atoms with Crippen LogP contribution in [0.3, 0.4) is 0 Å². The number of nitrogens with one attached hydrogen (secondary N) is 1. The molecule has 0 aliphatic heterocycles. The molecule has 3 nitrogen and oxygen atoms in total. The molecule has 1 aromatic heterocycles. The number of H-pyrrole nitrogens is 1. The normalized spacial score (nSPS) is 26.5. The molecule has 15 heavy (non-hydrogen) atoms. The van der Waals surface area contributed by atoms with Gasteiger partial charge in [-0.25, -0.2) is 0 Å². The van der Waals surface area contributed by atoms with Gasteiger partial charge in [0.15, 0.2) is 0 Å². The molecule has 0 spiro atoms. The minimum atomic E-state index is 0.457. The van der Waals surface area contributed by atoms with Crippen LogP contribution in [0.15, 0.2) is 18.5 Å². The predicted molar refractivity (Wildman–Crippen MR) is 64.0 cm³/mol. The predicted octanol–water partition coefficient (Wildman–Crippen LogP) is 1.97. The van der Waals surface area contributed by atoms with Gasteiger partial charge >= 0.3 is 0 Å². The third-order valence-electron chi connectivity index (χ3n) is 3.45. The summed E-state index contributed by atoms with van der Waals surface area (Å²) < 4.78 is 0. The van der Waals surface area contributed by atoms with E-state index in [1.54, 1.807) is 0 Å². The van der Waals surface area contributed by atoms with Crippen LogP contribution in [0.2, 0.25) is 0 Å². The fourth-order valence-electron chi connectivity index (χ4n) is 2.42. The van der Waals surface area contributed by atoms with Crippen LogP contribution in [0.25, 0.3) is 0 Å². The Morgan fingerprint density at radius 1 is 1.40 bits per heavy atom. The van der Waals surface area contributed by atoms with Crippen molar-refractivity contribution in [3.63, 3.8) is 0 Å². The summed E-state index contributed by atoms with van der Waals surface area (Å²) in [6.07, 6.45) is 9.00. The molecular weight excluding hydrogens is 186 g/mol. The molecule has 2 rings (SSSR count). The van der Waals surface area contributed by atoms with E-state index in [9.17, 15) is 0 Å². The maximum atomic E-state index is 5.90. The maximum absolute atomic E-state index is 5.90. The molecule has 3 heteroatoms. The van der Waals surface area contributed by atoms with Crippen molar-refractivity contribution in [2.24, 2.45) is 11.7 Å². The van der Waals surface area contributed by atoms with Gasteiger partial charge < -0.3 is 15.6 Å². The molecule has 1 saturated carbocycles. The van der Waals surface area contributed by atoms with Gasteiger partial charge in [0.05, 0.1) is 5.69 Å². The summed E-state index contributed by atoms with van der Waals surface area (Å²) in [5, 5.41) is 0. The van der Waals surface area contributed by atoms with E-state index in [2.05, 4.69) is 29.2 Å². The molecule has 3 N–H and O–H groups in total. The largest absolute Gasteiger partial charge is 0.373 e. The Balaban J connectivity index is 1.82. The lowest BCUT2D eigenvalue weighted by Gasteiger charge is -2.30. The fraction of sp³-hybridized carbons (Fsp3) is 0.667. The molecule has 0 saturated heterocycles. The first-order chi connectivity index (χ1) is 7.25. The number of nitrogens with two attached hydrogens (primary N) is 1. The molecular formula is C12H21N3. The van der Waals surface area contributed by atoms with Gasteiger partial charge in [0.1, 0.15) is 0 Å². The molecule has 1 aromatic rings. The van der Waals surface area contributed by atoms with Crippen LogP contribution in [0.5, 0.6) is 0 Å². The Labute approximate surface area is 91.7 Å². The van der Waals surface area contributed by atoms with Crippen molar-refractivity contribution in [3.8, 4) is 0 Å². The number of nitrogens with zero attached hydrogens (tertiary/aromatic N) is 1. The van der Waals surface area contributed by atoms with E-state index in [1.807, 2.05) is 6.20 Å². The lowest BCUT2D eigenvalue weighted by atomic mass is 9.86. The molecule has 0 aromatic carbocycles. The van der Waals surface area contributed by atoms with Gasteiger partial charge in [-0.1, -0.05) is 0 Å². The Bertz CT molecular complexity index is 273. The van der Waals surface area contributed by atoms with Crippen LogP contribution in [0.1, 0.15) is 25.7 Å². The number of anilines is 1. The van der Waals surface area contributed by atoms with Gasteiger partial charge in [-0.3, -0.25) is 0 Å². The molecule has 0 bridgehead atoms. The third kappa shape index (κ3) is 2.75. The number of hydrogen-bond donors (Lipinski definition) is 2. The average molecular weight is 207 g/mol. The van der Waals surface area contributed by atoms with Gasteiger partial charge in [-0.2, -0.15) is 0 Å². The standard InChI is InChI=1S/C12H21N3/c1-15(12-6-7-14-8-12)9-10-2-4-11(13)5-3-10/h6-8,10-11,14H,2-5,9,13H2,1H3. The number of hydrogen-bond acceptors (Lipinski definition) is 2. The quantitative estimate of drug-likeness (QED) is 0.796. The van der Waals surface area contributed by atoms with E-state index >= 15 is 0 Å². The zero-order valence-electron chi connectivity index (χ0n) is 9.45. The molecule has 84 valence electrons. The highest BCUT2D eigenvalue weighted by atomic mass is 15.1. The van der Waals surface area contributed by atoms with Crippen molar-refractivity contribution < 1.29 is 0 Å². The van der Waals surface area contributed by atoms with E-state index in [0.29, 0.717) is 6.04 Å². The topological polar surface area (TPSA) is 45.0 Å². The van der Waals surface area contributed by atoms with E-state index in [1.165, 1.54) is 31.4 Å². The van der Waals surface area contributed by atoms with Gasteiger partial charge in [0.25, 0.3) is 0 Å². The molecule has 0 amide bonds. The summed E-state index contributed by atoms with van der Waals surface area (Å²) in [5.74, 6) is 0.824. The number of aromatic amines is 1. The van der Waals surface area contributed by atoms with Crippen molar-refractivity contribution in [3.05, 3.63) is 18.5 Å². The van der Waals surface area contributed by atoms with Gasteiger partial charge in [0.2, 0.25) is 0 Å². The zero-order valence-corrected chi connectivity index (χ0v) is 9.45. The molecule has 1 fully saturated rings. The van der Waals surface area contributed by atoms with Crippen molar-refractivity contribution in [1.82, 2.24) is 4.98 Å². The average Bonchev–Trinajstić information content (AvgIpc) is 2.74. The van der Waals surface area contributed by atoms with Crippen molar-refractivity contribution >= 4 is 5.69 Å². The van der Waals surface area contributed by atoms with Gasteiger partial charge in [-0.15, -0.1) is 0 Å². The third-order valence-corrected chi connectivity index (χ3v) is 3.45. The van der Waals surface area contributed by atoms with E-state index in [4.69, 9.17) is 5.73 Å². The van der Waals surface area contributed by atoms with Crippen molar-refractivity contribution in [2.45, 2.75) is 31.7 Å². The second-order valence-corrected chi connectivity index (χ2v) is 4.73. The molecule has 1 heterocycles. The molecule has 1 aliphatic carbocycles. The first-order valence-corrected chi connectivity index (χ1v) is 5.85. The number of rotatable bonds is 3. The maximum Gasteiger partial charge on any atom is 0.0541 e. The summed E-state index contributed by atoms with van der Waals surface area (Å²) in [6, 6.07) is 2.58. The van der Waals surface area contributed by atoms with Crippen molar-refractivity contribution in [2.75, 3.05) is 18.5 Å². The van der Waals surface area contributed by atoms with Crippen LogP contribution in [-0.2, 0) is 0 Å². The monoisotopic (exact) mass is 207 g/mol. The highest BCUT2D eigenvalue weighted by Crippen LogP contribution is 2.25. The summed E-state index contributed by atoms with van der Waals surface area (Å²) >= 11 is 0. The molecule has 0 unspecified atom stereocenters. The number of aromatic nitrogens is 1. The fourth-order valence-corrected chi connectivity index (χ4v) is 2.42.